The summed E-state index contributed by atoms with van der Waals surface area (Å²) in [4.78, 5) is 23.0. The number of nitrogens with one attached hydrogen (secondary N) is 1. The zero-order valence-corrected chi connectivity index (χ0v) is 14.2. The number of rotatable bonds is 4. The Bertz CT molecular complexity index is 1060. The number of carbonyl (C=O) groups is 1. The zero-order valence-electron chi connectivity index (χ0n) is 14.2. The van der Waals surface area contributed by atoms with Crippen molar-refractivity contribution >= 4 is 11.7 Å². The third-order valence-corrected chi connectivity index (χ3v) is 3.93. The molecule has 26 heavy (non-hydrogen) atoms. The first kappa shape index (κ1) is 17.2. The molecule has 0 amide bonds. The van der Waals surface area contributed by atoms with Gasteiger partial charge in [-0.05, 0) is 36.2 Å². The third kappa shape index (κ3) is 3.14. The Morgan fingerprint density at radius 3 is 2.62 bits per heavy atom. The first-order valence-electron chi connectivity index (χ1n) is 7.86. The molecule has 2 aromatic carbocycles. The summed E-state index contributed by atoms with van der Waals surface area (Å²) in [6.45, 7) is 1.97. The normalized spacial score (nSPS) is 10.5. The van der Waals surface area contributed by atoms with E-state index in [1.165, 1.54) is 4.68 Å². The van der Waals surface area contributed by atoms with Gasteiger partial charge in [0.15, 0.2) is 5.75 Å². The molecule has 0 aliphatic rings. The van der Waals surface area contributed by atoms with Crippen LogP contribution in [0, 0.1) is 6.92 Å². The average molecular weight is 351 g/mol. The highest BCUT2D eigenvalue weighted by molar-refractivity contribution is 5.85. The van der Waals surface area contributed by atoms with Gasteiger partial charge in [0.2, 0.25) is 5.69 Å². The lowest BCUT2D eigenvalue weighted by Crippen LogP contribution is -2.21. The predicted octanol–water partition coefficient (Wildman–Crippen LogP) is 2.65. The van der Waals surface area contributed by atoms with Crippen LogP contribution in [0.2, 0.25) is 0 Å². The van der Waals surface area contributed by atoms with Crippen molar-refractivity contribution in [1.82, 2.24) is 9.78 Å². The summed E-state index contributed by atoms with van der Waals surface area (Å²) < 4.78 is 1.21. The van der Waals surface area contributed by atoms with Gasteiger partial charge in [0.05, 0.1) is 11.9 Å². The first-order valence-corrected chi connectivity index (χ1v) is 7.86. The molecule has 0 saturated carbocycles. The van der Waals surface area contributed by atoms with Gasteiger partial charge < -0.3 is 15.5 Å². The van der Waals surface area contributed by atoms with Crippen molar-refractivity contribution in [2.45, 2.75) is 6.92 Å². The van der Waals surface area contributed by atoms with Crippen molar-refractivity contribution in [2.24, 2.45) is 0 Å². The van der Waals surface area contributed by atoms with Gasteiger partial charge in [0.1, 0.15) is 0 Å². The number of hydrogen-bond donors (Lipinski definition) is 3. The largest absolute Gasteiger partial charge is 0.503 e. The number of para-hydroxylation sites is 1. The van der Waals surface area contributed by atoms with Crippen LogP contribution in [-0.4, -0.2) is 33.0 Å². The van der Waals surface area contributed by atoms with E-state index < -0.39 is 22.8 Å². The van der Waals surface area contributed by atoms with E-state index in [0.717, 1.165) is 28.6 Å². The Morgan fingerprint density at radius 2 is 1.92 bits per heavy atom. The van der Waals surface area contributed by atoms with E-state index in [0.29, 0.717) is 5.69 Å². The van der Waals surface area contributed by atoms with E-state index in [9.17, 15) is 14.7 Å². The minimum atomic E-state index is -1.50. The Balaban J connectivity index is 2.25. The van der Waals surface area contributed by atoms with Crippen LogP contribution in [0.1, 0.15) is 16.1 Å². The average Bonchev–Trinajstić information content (AvgIpc) is 2.63. The maximum Gasteiger partial charge on any atom is 0.360 e. The highest BCUT2D eigenvalue weighted by Crippen LogP contribution is 2.29. The molecule has 0 bridgehead atoms. The molecule has 7 heteroatoms. The summed E-state index contributed by atoms with van der Waals surface area (Å²) >= 11 is 0. The van der Waals surface area contributed by atoms with E-state index >= 15 is 0 Å². The van der Waals surface area contributed by atoms with Crippen LogP contribution in [0.4, 0.5) is 5.69 Å². The highest BCUT2D eigenvalue weighted by Gasteiger charge is 2.17. The summed E-state index contributed by atoms with van der Waals surface area (Å²) in [5.74, 6) is -2.17. The molecule has 0 radical (unpaired) electrons. The third-order valence-electron chi connectivity index (χ3n) is 3.93. The minimum Gasteiger partial charge on any atom is -0.503 e. The van der Waals surface area contributed by atoms with Crippen molar-refractivity contribution in [3.63, 3.8) is 0 Å². The maximum atomic E-state index is 11.8. The van der Waals surface area contributed by atoms with E-state index in [4.69, 9.17) is 5.11 Å². The van der Waals surface area contributed by atoms with E-state index in [-0.39, 0.29) is 0 Å². The number of aromatic hydroxyl groups is 1. The molecule has 0 aliphatic carbocycles. The van der Waals surface area contributed by atoms with Crippen molar-refractivity contribution in [2.75, 3.05) is 12.4 Å². The maximum absolute atomic E-state index is 11.8. The van der Waals surface area contributed by atoms with E-state index in [1.807, 2.05) is 44.3 Å². The molecule has 0 unspecified atom stereocenters. The summed E-state index contributed by atoms with van der Waals surface area (Å²) in [5.41, 5.74) is 2.43. The number of carboxylic acid groups (broad SMARTS) is 1. The van der Waals surface area contributed by atoms with Crippen LogP contribution < -0.4 is 10.7 Å². The topological polar surface area (TPSA) is 104 Å². The molecule has 0 atom stereocenters. The Morgan fingerprint density at radius 1 is 1.19 bits per heavy atom. The molecule has 132 valence electrons. The minimum absolute atomic E-state index is 0.540. The fourth-order valence-corrected chi connectivity index (χ4v) is 2.74. The van der Waals surface area contributed by atoms with Crippen molar-refractivity contribution < 1.29 is 15.0 Å². The Labute approximate surface area is 149 Å². The highest BCUT2D eigenvalue weighted by atomic mass is 16.4. The lowest BCUT2D eigenvalue weighted by Gasteiger charge is -2.14. The van der Waals surface area contributed by atoms with Gasteiger partial charge in [-0.15, -0.1) is 0 Å². The fourth-order valence-electron chi connectivity index (χ4n) is 2.74. The van der Waals surface area contributed by atoms with Crippen LogP contribution in [0.5, 0.6) is 5.75 Å². The predicted molar refractivity (Wildman–Crippen MR) is 98.2 cm³/mol. The second kappa shape index (κ2) is 6.72. The second-order valence-electron chi connectivity index (χ2n) is 5.80. The lowest BCUT2D eigenvalue weighted by molar-refractivity contribution is 0.0686. The lowest BCUT2D eigenvalue weighted by atomic mass is 10.0. The van der Waals surface area contributed by atoms with Gasteiger partial charge >= 0.3 is 5.97 Å². The molecule has 3 rings (SSSR count). The zero-order chi connectivity index (χ0) is 18.8. The molecule has 7 nitrogen and oxygen atoms in total. The number of aromatic carboxylic acids is 1. The summed E-state index contributed by atoms with van der Waals surface area (Å²) in [6.07, 6.45) is 1.11. The number of benzene rings is 2. The van der Waals surface area contributed by atoms with Crippen molar-refractivity contribution in [1.29, 1.82) is 0 Å². The molecule has 3 N–H and O–H groups in total. The SMILES string of the molecule is CNc1cc(C)cc(-c2ccccc2-n2cc(O)c(=O)c(C(=O)O)n2)c1. The van der Waals surface area contributed by atoms with Gasteiger partial charge in [-0.1, -0.05) is 24.3 Å². The summed E-state index contributed by atoms with van der Waals surface area (Å²) in [6, 6.07) is 13.1. The number of anilines is 1. The summed E-state index contributed by atoms with van der Waals surface area (Å²) in [5, 5.41) is 26.0. The fraction of sp³-hybridized carbons (Fsp3) is 0.105. The van der Waals surface area contributed by atoms with E-state index in [2.05, 4.69) is 10.4 Å². The molecule has 0 fully saturated rings. The number of nitrogens with zero attached hydrogens (tertiary/aromatic N) is 2. The van der Waals surface area contributed by atoms with Crippen molar-refractivity contribution in [3.8, 4) is 22.6 Å². The van der Waals surface area contributed by atoms with Gasteiger partial charge in [0, 0.05) is 18.3 Å². The van der Waals surface area contributed by atoms with Crippen LogP contribution in [0.3, 0.4) is 0 Å². The molecule has 1 aromatic heterocycles. The van der Waals surface area contributed by atoms with Crippen LogP contribution in [0.25, 0.3) is 16.8 Å². The van der Waals surface area contributed by atoms with Gasteiger partial charge in [-0.25, -0.2) is 9.48 Å². The van der Waals surface area contributed by atoms with Crippen molar-refractivity contribution in [3.05, 3.63) is 70.1 Å². The molecule has 3 aromatic rings. The molecule has 0 saturated heterocycles. The number of aromatic nitrogens is 2. The van der Waals surface area contributed by atoms with Gasteiger partial charge in [-0.2, -0.15) is 5.10 Å². The molecule has 0 aliphatic heterocycles. The standard InChI is InChI=1S/C19H17N3O4/c1-11-7-12(9-13(8-11)20-2)14-5-3-4-6-15(14)22-10-16(23)18(24)17(21-22)19(25)26/h3-10,20,23H,1-2H3,(H,25,26). The Hall–Kier alpha value is -3.61. The monoisotopic (exact) mass is 351 g/mol. The molecular formula is C19H17N3O4. The quantitative estimate of drug-likeness (QED) is 0.667. The molecular weight excluding hydrogens is 334 g/mol. The van der Waals surface area contributed by atoms with Crippen LogP contribution in [-0.2, 0) is 0 Å². The number of hydrogen-bond acceptors (Lipinski definition) is 5. The number of aryl methyl sites for hydroxylation is 1. The molecule has 0 spiro atoms. The van der Waals surface area contributed by atoms with E-state index in [1.54, 1.807) is 12.1 Å². The Kier molecular flexibility index (Phi) is 4.45. The number of carboxylic acids is 1. The van der Waals surface area contributed by atoms with Gasteiger partial charge in [-0.3, -0.25) is 4.79 Å². The second-order valence-corrected chi connectivity index (χ2v) is 5.80. The van der Waals surface area contributed by atoms with Crippen LogP contribution >= 0.6 is 0 Å². The first-order chi connectivity index (χ1) is 12.4. The van der Waals surface area contributed by atoms with Gasteiger partial charge in [0.25, 0.3) is 5.43 Å². The smallest absolute Gasteiger partial charge is 0.360 e. The van der Waals surface area contributed by atoms with Crippen LogP contribution in [0.15, 0.2) is 53.5 Å². The summed E-state index contributed by atoms with van der Waals surface area (Å²) in [7, 11) is 1.82. The molecule has 1 heterocycles.